The predicted molar refractivity (Wildman–Crippen MR) is 46.0 cm³/mol. The van der Waals surface area contributed by atoms with Gasteiger partial charge in [-0.3, -0.25) is 4.99 Å². The lowest BCUT2D eigenvalue weighted by Crippen LogP contribution is -1.90. The second-order valence-corrected chi connectivity index (χ2v) is 2.48. The maximum absolute atomic E-state index is 8.50. The number of aliphatic hydroxyl groups is 1. The Morgan fingerprint density at radius 1 is 1.80 bits per heavy atom. The van der Waals surface area contributed by atoms with E-state index >= 15 is 0 Å². The molecule has 0 aromatic rings. The number of nitrogens with two attached hydrogens (primary N) is 1. The highest BCUT2D eigenvalue weighted by molar-refractivity contribution is 8.02. The van der Waals surface area contributed by atoms with Gasteiger partial charge in [0.15, 0.2) is 0 Å². The SMILES string of the molecule is C=N/C(=C\SCN)CCO. The van der Waals surface area contributed by atoms with Crippen LogP contribution in [0.25, 0.3) is 0 Å². The van der Waals surface area contributed by atoms with E-state index in [0.29, 0.717) is 12.3 Å². The van der Waals surface area contributed by atoms with Crippen LogP contribution in [0.4, 0.5) is 0 Å². The van der Waals surface area contributed by atoms with E-state index in [-0.39, 0.29) is 6.61 Å². The first-order chi connectivity index (χ1) is 4.85. The Bertz CT molecular complexity index is 125. The molecule has 0 saturated heterocycles. The standard InChI is InChI=1S/C6H12N2OS/c1-8-6(2-3-9)4-10-5-7/h4,9H,1-3,5,7H2/b6-4-. The fourth-order valence-corrected chi connectivity index (χ4v) is 0.915. The van der Waals surface area contributed by atoms with Crippen LogP contribution < -0.4 is 5.73 Å². The van der Waals surface area contributed by atoms with Crippen LogP contribution >= 0.6 is 11.8 Å². The molecule has 0 aromatic carbocycles. The van der Waals surface area contributed by atoms with Crippen LogP contribution in [0.2, 0.25) is 0 Å². The van der Waals surface area contributed by atoms with Gasteiger partial charge in [-0.25, -0.2) is 0 Å². The minimum Gasteiger partial charge on any atom is -0.396 e. The fraction of sp³-hybridized carbons (Fsp3) is 0.500. The molecule has 0 bridgehead atoms. The minimum absolute atomic E-state index is 0.107. The molecule has 0 aromatic heterocycles. The Morgan fingerprint density at radius 3 is 2.90 bits per heavy atom. The highest BCUT2D eigenvalue weighted by Crippen LogP contribution is 2.08. The average molecular weight is 160 g/mol. The highest BCUT2D eigenvalue weighted by Gasteiger charge is 1.89. The third-order valence-electron chi connectivity index (χ3n) is 0.887. The van der Waals surface area contributed by atoms with Gasteiger partial charge >= 0.3 is 0 Å². The van der Waals surface area contributed by atoms with Crippen LogP contribution in [0.5, 0.6) is 0 Å². The van der Waals surface area contributed by atoms with Crippen molar-refractivity contribution in [2.75, 3.05) is 12.5 Å². The third-order valence-corrected chi connectivity index (χ3v) is 1.52. The molecule has 3 nitrogen and oxygen atoms in total. The van der Waals surface area contributed by atoms with Gasteiger partial charge in [0.05, 0.1) is 0 Å². The fourth-order valence-electron chi connectivity index (χ4n) is 0.434. The molecule has 0 aliphatic carbocycles. The summed E-state index contributed by atoms with van der Waals surface area (Å²) in [7, 11) is 0. The number of rotatable bonds is 5. The second-order valence-electron chi connectivity index (χ2n) is 1.57. The van der Waals surface area contributed by atoms with Crippen molar-refractivity contribution in [3.8, 4) is 0 Å². The molecular weight excluding hydrogens is 148 g/mol. The zero-order valence-corrected chi connectivity index (χ0v) is 6.60. The Labute approximate surface area is 65.0 Å². The highest BCUT2D eigenvalue weighted by atomic mass is 32.2. The van der Waals surface area contributed by atoms with Gasteiger partial charge in [-0.1, -0.05) is 0 Å². The molecule has 0 unspecified atom stereocenters. The normalized spacial score (nSPS) is 11.6. The quantitative estimate of drug-likeness (QED) is 0.456. The van der Waals surface area contributed by atoms with Crippen molar-refractivity contribution in [2.24, 2.45) is 10.7 Å². The van der Waals surface area contributed by atoms with E-state index in [1.807, 2.05) is 5.41 Å². The molecule has 0 aliphatic heterocycles. The van der Waals surface area contributed by atoms with Gasteiger partial charge in [-0.2, -0.15) is 0 Å². The van der Waals surface area contributed by atoms with Crippen LogP contribution in [-0.4, -0.2) is 24.3 Å². The van der Waals surface area contributed by atoms with Crippen molar-refractivity contribution in [1.82, 2.24) is 0 Å². The molecule has 0 radical (unpaired) electrons. The molecule has 0 aliphatic rings. The summed E-state index contributed by atoms with van der Waals surface area (Å²) in [6.07, 6.45) is 0.552. The number of hydrogen-bond donors (Lipinski definition) is 2. The van der Waals surface area contributed by atoms with Crippen molar-refractivity contribution < 1.29 is 5.11 Å². The lowest BCUT2D eigenvalue weighted by molar-refractivity contribution is 0.299. The number of thioether (sulfide) groups is 1. The maximum atomic E-state index is 8.50. The summed E-state index contributed by atoms with van der Waals surface area (Å²) in [6.45, 7) is 3.46. The molecule has 0 rings (SSSR count). The zero-order chi connectivity index (χ0) is 7.82. The van der Waals surface area contributed by atoms with Crippen molar-refractivity contribution in [3.63, 3.8) is 0 Å². The van der Waals surface area contributed by atoms with Crippen LogP contribution in [-0.2, 0) is 0 Å². The van der Waals surface area contributed by atoms with E-state index in [1.54, 1.807) is 0 Å². The Hall–Kier alpha value is -0.320. The predicted octanol–water partition coefficient (Wildman–Crippen LogP) is 0.560. The minimum atomic E-state index is 0.107. The molecule has 0 atom stereocenters. The van der Waals surface area contributed by atoms with Gasteiger partial charge < -0.3 is 10.8 Å². The second kappa shape index (κ2) is 6.80. The van der Waals surface area contributed by atoms with Crippen LogP contribution in [0.1, 0.15) is 6.42 Å². The first-order valence-corrected chi connectivity index (χ1v) is 3.98. The summed E-state index contributed by atoms with van der Waals surface area (Å²) in [5.41, 5.74) is 6.01. The Kier molecular flexibility index (Phi) is 6.58. The molecule has 0 amide bonds. The molecular formula is C6H12N2OS. The summed E-state index contributed by atoms with van der Waals surface area (Å²) in [6, 6.07) is 0. The molecule has 0 fully saturated rings. The number of aliphatic imine (C=N–C) groups is 1. The van der Waals surface area contributed by atoms with Crippen molar-refractivity contribution in [3.05, 3.63) is 11.1 Å². The lowest BCUT2D eigenvalue weighted by Gasteiger charge is -1.95. The van der Waals surface area contributed by atoms with E-state index in [9.17, 15) is 0 Å². The molecule has 4 heteroatoms. The van der Waals surface area contributed by atoms with E-state index in [1.165, 1.54) is 11.8 Å². The van der Waals surface area contributed by atoms with Crippen LogP contribution in [0.3, 0.4) is 0 Å². The van der Waals surface area contributed by atoms with Gasteiger partial charge in [0, 0.05) is 24.6 Å². The van der Waals surface area contributed by atoms with Crippen molar-refractivity contribution in [1.29, 1.82) is 0 Å². The van der Waals surface area contributed by atoms with Gasteiger partial charge in [0.2, 0.25) is 0 Å². The summed E-state index contributed by atoms with van der Waals surface area (Å²) in [4.78, 5) is 3.69. The topological polar surface area (TPSA) is 58.6 Å². The molecule has 3 N–H and O–H groups in total. The number of nitrogens with zero attached hydrogens (tertiary/aromatic N) is 1. The van der Waals surface area contributed by atoms with Crippen molar-refractivity contribution in [2.45, 2.75) is 6.42 Å². The lowest BCUT2D eigenvalue weighted by atomic mass is 10.4. The van der Waals surface area contributed by atoms with Gasteiger partial charge in [0.25, 0.3) is 0 Å². The monoisotopic (exact) mass is 160 g/mol. The first kappa shape index (κ1) is 9.68. The van der Waals surface area contributed by atoms with Gasteiger partial charge in [-0.05, 0) is 12.1 Å². The van der Waals surface area contributed by atoms with E-state index in [2.05, 4.69) is 11.7 Å². The third kappa shape index (κ3) is 4.55. The molecule has 58 valence electrons. The van der Waals surface area contributed by atoms with Gasteiger partial charge in [-0.15, -0.1) is 11.8 Å². The summed E-state index contributed by atoms with van der Waals surface area (Å²) < 4.78 is 0. The van der Waals surface area contributed by atoms with Crippen LogP contribution in [0.15, 0.2) is 16.1 Å². The summed E-state index contributed by atoms with van der Waals surface area (Å²) in [5.74, 6) is 0.532. The van der Waals surface area contributed by atoms with Gasteiger partial charge in [0.1, 0.15) is 0 Å². The summed E-state index contributed by atoms with van der Waals surface area (Å²) in [5, 5.41) is 10.3. The maximum Gasteiger partial charge on any atom is 0.0486 e. The number of aliphatic hydroxyl groups excluding tert-OH is 1. The smallest absolute Gasteiger partial charge is 0.0486 e. The molecule has 0 spiro atoms. The van der Waals surface area contributed by atoms with E-state index in [4.69, 9.17) is 10.8 Å². The average Bonchev–Trinajstić information content (AvgIpc) is 1.98. The summed E-state index contributed by atoms with van der Waals surface area (Å²) >= 11 is 1.45. The zero-order valence-electron chi connectivity index (χ0n) is 5.79. The van der Waals surface area contributed by atoms with E-state index in [0.717, 1.165) is 5.70 Å². The molecule has 10 heavy (non-hydrogen) atoms. The molecule has 0 heterocycles. The van der Waals surface area contributed by atoms with Crippen LogP contribution in [0, 0.1) is 0 Å². The number of hydrogen-bond acceptors (Lipinski definition) is 4. The van der Waals surface area contributed by atoms with Crippen molar-refractivity contribution >= 4 is 18.5 Å². The Morgan fingerprint density at radius 2 is 2.50 bits per heavy atom. The largest absolute Gasteiger partial charge is 0.396 e. The Balaban J connectivity index is 3.66. The first-order valence-electron chi connectivity index (χ1n) is 2.93. The molecule has 0 saturated carbocycles. The van der Waals surface area contributed by atoms with E-state index < -0.39 is 0 Å².